The Morgan fingerprint density at radius 3 is 3.00 bits per heavy atom. The van der Waals surface area contributed by atoms with E-state index in [-0.39, 0.29) is 18.6 Å². The van der Waals surface area contributed by atoms with Gasteiger partial charge in [0.15, 0.2) is 0 Å². The number of aliphatic hydroxyl groups excluding tert-OH is 1. The van der Waals surface area contributed by atoms with Crippen LogP contribution in [0.25, 0.3) is 0 Å². The van der Waals surface area contributed by atoms with Gasteiger partial charge in [-0.2, -0.15) is 0 Å². The van der Waals surface area contributed by atoms with Crippen LogP contribution in [0.5, 0.6) is 0 Å². The maximum Gasteiger partial charge on any atom is 0.256 e. The molecule has 0 saturated carbocycles. The average Bonchev–Trinajstić information content (AvgIpc) is 2.61. The fourth-order valence-electron chi connectivity index (χ4n) is 1.29. The quantitative estimate of drug-likeness (QED) is 0.759. The molecule has 1 rings (SSSR count). The van der Waals surface area contributed by atoms with Crippen molar-refractivity contribution in [3.8, 4) is 0 Å². The van der Waals surface area contributed by atoms with E-state index in [0.717, 1.165) is 6.42 Å². The van der Waals surface area contributed by atoms with E-state index < -0.39 is 0 Å². The van der Waals surface area contributed by atoms with Gasteiger partial charge in [-0.15, -0.1) is 0 Å². The summed E-state index contributed by atoms with van der Waals surface area (Å²) in [4.78, 5) is 11.6. The van der Waals surface area contributed by atoms with Crippen LogP contribution in [0.3, 0.4) is 0 Å². The molecule has 1 unspecified atom stereocenters. The Morgan fingerprint density at radius 1 is 1.73 bits per heavy atom. The Balaban J connectivity index is 2.46. The van der Waals surface area contributed by atoms with Crippen molar-refractivity contribution in [2.24, 2.45) is 0 Å². The number of hydrogen-bond acceptors (Lipinski definition) is 4. The molecule has 1 heterocycles. The third kappa shape index (κ3) is 3.36. The van der Waals surface area contributed by atoms with E-state index in [1.54, 1.807) is 6.92 Å². The first kappa shape index (κ1) is 11.7. The second-order valence-electron chi connectivity index (χ2n) is 3.54. The normalized spacial score (nSPS) is 12.5. The molecule has 0 aliphatic heterocycles. The lowest BCUT2D eigenvalue weighted by Gasteiger charge is -2.12. The molecule has 5 heteroatoms. The van der Waals surface area contributed by atoms with Crippen LogP contribution in [0.1, 0.15) is 35.9 Å². The summed E-state index contributed by atoms with van der Waals surface area (Å²) in [7, 11) is 0. The average molecular weight is 212 g/mol. The lowest BCUT2D eigenvalue weighted by atomic mass is 10.1. The van der Waals surface area contributed by atoms with Crippen LogP contribution >= 0.6 is 0 Å². The third-order valence-electron chi connectivity index (χ3n) is 2.17. The minimum Gasteiger partial charge on any atom is -0.396 e. The van der Waals surface area contributed by atoms with Gasteiger partial charge in [-0.25, -0.2) is 0 Å². The molecule has 0 aromatic carbocycles. The van der Waals surface area contributed by atoms with Gasteiger partial charge in [-0.05, 0) is 26.7 Å². The number of amides is 1. The number of aromatic nitrogens is 1. The van der Waals surface area contributed by atoms with Gasteiger partial charge in [0.2, 0.25) is 0 Å². The highest BCUT2D eigenvalue weighted by atomic mass is 16.5. The van der Waals surface area contributed by atoms with Crippen molar-refractivity contribution < 1.29 is 14.4 Å². The van der Waals surface area contributed by atoms with Crippen molar-refractivity contribution in [1.82, 2.24) is 10.5 Å². The van der Waals surface area contributed by atoms with Crippen molar-refractivity contribution in [3.63, 3.8) is 0 Å². The molecule has 0 fully saturated rings. The molecule has 0 radical (unpaired) electrons. The molecule has 0 spiro atoms. The summed E-state index contributed by atoms with van der Waals surface area (Å²) in [6, 6.07) is 0.0407. The number of aryl methyl sites for hydroxylation is 1. The standard InChI is InChI=1S/C10H16N2O3/c1-7(4-3-5-13)12-10(14)9-6-11-15-8(9)2/h6-7,13H,3-5H2,1-2H3,(H,12,14). The fraction of sp³-hybridized carbons (Fsp3) is 0.600. The highest BCUT2D eigenvalue weighted by Crippen LogP contribution is 2.06. The lowest BCUT2D eigenvalue weighted by Crippen LogP contribution is -2.32. The van der Waals surface area contributed by atoms with E-state index in [1.165, 1.54) is 6.20 Å². The SMILES string of the molecule is Cc1oncc1C(=O)NC(C)CCCO. The zero-order valence-electron chi connectivity index (χ0n) is 8.99. The maximum absolute atomic E-state index is 11.6. The Kier molecular flexibility index (Phi) is 4.30. The summed E-state index contributed by atoms with van der Waals surface area (Å²) in [6.07, 6.45) is 2.85. The number of rotatable bonds is 5. The number of aliphatic hydroxyl groups is 1. The van der Waals surface area contributed by atoms with Crippen molar-refractivity contribution in [1.29, 1.82) is 0 Å². The topological polar surface area (TPSA) is 75.4 Å². The highest BCUT2D eigenvalue weighted by molar-refractivity contribution is 5.94. The van der Waals surface area contributed by atoms with E-state index >= 15 is 0 Å². The van der Waals surface area contributed by atoms with Crippen molar-refractivity contribution >= 4 is 5.91 Å². The van der Waals surface area contributed by atoms with E-state index in [9.17, 15) is 4.79 Å². The number of carbonyl (C=O) groups excluding carboxylic acids is 1. The Morgan fingerprint density at radius 2 is 2.47 bits per heavy atom. The smallest absolute Gasteiger partial charge is 0.256 e. The number of nitrogens with one attached hydrogen (secondary N) is 1. The van der Waals surface area contributed by atoms with Crippen LogP contribution in [-0.2, 0) is 0 Å². The molecule has 0 aliphatic carbocycles. The van der Waals surface area contributed by atoms with Crippen molar-refractivity contribution in [2.45, 2.75) is 32.7 Å². The monoisotopic (exact) mass is 212 g/mol. The Labute approximate surface area is 88.5 Å². The summed E-state index contributed by atoms with van der Waals surface area (Å²) in [5, 5.41) is 15.0. The molecule has 15 heavy (non-hydrogen) atoms. The van der Waals surface area contributed by atoms with Gasteiger partial charge in [0.25, 0.3) is 5.91 Å². The number of hydrogen-bond donors (Lipinski definition) is 2. The molecule has 1 aromatic heterocycles. The predicted molar refractivity (Wildman–Crippen MR) is 54.5 cm³/mol. The minimum absolute atomic E-state index is 0.0407. The van der Waals surface area contributed by atoms with Gasteiger partial charge in [-0.3, -0.25) is 4.79 Å². The number of carbonyl (C=O) groups is 1. The summed E-state index contributed by atoms with van der Waals surface area (Å²) >= 11 is 0. The van der Waals surface area contributed by atoms with Crippen LogP contribution in [0.15, 0.2) is 10.7 Å². The van der Waals surface area contributed by atoms with E-state index in [4.69, 9.17) is 9.63 Å². The summed E-state index contributed by atoms with van der Waals surface area (Å²) in [5.41, 5.74) is 0.464. The maximum atomic E-state index is 11.6. The van der Waals surface area contributed by atoms with Crippen molar-refractivity contribution in [2.75, 3.05) is 6.61 Å². The van der Waals surface area contributed by atoms with Crippen LogP contribution in [-0.4, -0.2) is 28.8 Å². The summed E-state index contributed by atoms with van der Waals surface area (Å²) in [5.74, 6) is 0.334. The minimum atomic E-state index is -0.181. The largest absolute Gasteiger partial charge is 0.396 e. The second-order valence-corrected chi connectivity index (χ2v) is 3.54. The molecule has 1 amide bonds. The summed E-state index contributed by atoms with van der Waals surface area (Å²) in [6.45, 7) is 3.74. The summed E-state index contributed by atoms with van der Waals surface area (Å²) < 4.78 is 4.80. The molecular weight excluding hydrogens is 196 g/mol. The molecule has 0 bridgehead atoms. The zero-order valence-corrected chi connectivity index (χ0v) is 8.99. The van der Waals surface area contributed by atoms with Gasteiger partial charge in [-0.1, -0.05) is 5.16 Å². The van der Waals surface area contributed by atoms with Crippen LogP contribution in [0.4, 0.5) is 0 Å². The first-order valence-electron chi connectivity index (χ1n) is 4.98. The second kappa shape index (κ2) is 5.50. The lowest BCUT2D eigenvalue weighted by molar-refractivity contribution is 0.0935. The highest BCUT2D eigenvalue weighted by Gasteiger charge is 2.14. The molecule has 5 nitrogen and oxygen atoms in total. The van der Waals surface area contributed by atoms with Gasteiger partial charge in [0, 0.05) is 12.6 Å². The first-order valence-corrected chi connectivity index (χ1v) is 4.98. The molecule has 1 atom stereocenters. The molecule has 0 aliphatic rings. The van der Waals surface area contributed by atoms with Gasteiger partial charge < -0.3 is 14.9 Å². The van der Waals surface area contributed by atoms with E-state index in [0.29, 0.717) is 17.7 Å². The molecule has 0 saturated heterocycles. The predicted octanol–water partition coefficient (Wildman–Crippen LogP) is 0.874. The molecule has 84 valence electrons. The Bertz CT molecular complexity index is 322. The van der Waals surface area contributed by atoms with Crippen molar-refractivity contribution in [3.05, 3.63) is 17.5 Å². The molecule has 2 N–H and O–H groups in total. The van der Waals surface area contributed by atoms with E-state index in [1.807, 2.05) is 6.92 Å². The zero-order chi connectivity index (χ0) is 11.3. The van der Waals surface area contributed by atoms with Crippen LogP contribution < -0.4 is 5.32 Å². The van der Waals surface area contributed by atoms with Gasteiger partial charge >= 0.3 is 0 Å². The molecular formula is C10H16N2O3. The van der Waals surface area contributed by atoms with Crippen LogP contribution in [0, 0.1) is 6.92 Å². The fourth-order valence-corrected chi connectivity index (χ4v) is 1.29. The number of nitrogens with zero attached hydrogens (tertiary/aromatic N) is 1. The molecule has 1 aromatic rings. The Hall–Kier alpha value is -1.36. The van der Waals surface area contributed by atoms with Crippen LogP contribution in [0.2, 0.25) is 0 Å². The van der Waals surface area contributed by atoms with Gasteiger partial charge in [0.05, 0.1) is 6.20 Å². The first-order chi connectivity index (χ1) is 7.15. The van der Waals surface area contributed by atoms with E-state index in [2.05, 4.69) is 10.5 Å². The third-order valence-corrected chi connectivity index (χ3v) is 2.17. The van der Waals surface area contributed by atoms with Gasteiger partial charge in [0.1, 0.15) is 11.3 Å².